The molecule has 1 atom stereocenters. The van der Waals surface area contributed by atoms with E-state index in [1.54, 1.807) is 0 Å². The Bertz CT molecular complexity index is 107. The van der Waals surface area contributed by atoms with Crippen molar-refractivity contribution in [2.24, 2.45) is 4.99 Å². The fourth-order valence-corrected chi connectivity index (χ4v) is 0.837. The maximum Gasteiger partial charge on any atom is 0.0963 e. The lowest BCUT2D eigenvalue weighted by atomic mass is 10.4. The Morgan fingerprint density at radius 2 is 2.62 bits per heavy atom. The van der Waals surface area contributed by atoms with E-state index in [9.17, 15) is 0 Å². The van der Waals surface area contributed by atoms with Crippen LogP contribution in [0, 0.1) is 0 Å². The molecular formula is C6H12N2. The van der Waals surface area contributed by atoms with Gasteiger partial charge in [-0.2, -0.15) is 0 Å². The molecule has 1 rings (SSSR count). The molecular weight excluding hydrogens is 100 g/mol. The molecule has 1 N–H and O–H groups in total. The first-order chi connectivity index (χ1) is 3.83. The van der Waals surface area contributed by atoms with Crippen molar-refractivity contribution in [3.8, 4) is 0 Å². The van der Waals surface area contributed by atoms with Gasteiger partial charge in [-0.1, -0.05) is 6.92 Å². The highest BCUT2D eigenvalue weighted by molar-refractivity contribution is 5.83. The number of nitrogens with zero attached hydrogens (tertiary/aromatic N) is 1. The molecule has 0 bridgehead atoms. The molecule has 0 spiro atoms. The number of hydrogen-bond acceptors (Lipinski definition) is 2. The van der Waals surface area contributed by atoms with Crippen LogP contribution in [0.2, 0.25) is 0 Å². The van der Waals surface area contributed by atoms with E-state index in [-0.39, 0.29) is 0 Å². The number of rotatable bonds is 1. The van der Waals surface area contributed by atoms with Crippen molar-refractivity contribution in [2.45, 2.75) is 26.3 Å². The lowest BCUT2D eigenvalue weighted by Gasteiger charge is -2.01. The Morgan fingerprint density at radius 1 is 1.88 bits per heavy atom. The summed E-state index contributed by atoms with van der Waals surface area (Å²) in [4.78, 5) is 4.24. The van der Waals surface area contributed by atoms with Gasteiger partial charge in [-0.15, -0.1) is 0 Å². The summed E-state index contributed by atoms with van der Waals surface area (Å²) in [6, 6.07) is 0.574. The first-order valence-electron chi connectivity index (χ1n) is 3.12. The van der Waals surface area contributed by atoms with Gasteiger partial charge in [0.05, 0.1) is 12.4 Å². The van der Waals surface area contributed by atoms with Crippen molar-refractivity contribution < 1.29 is 0 Å². The topological polar surface area (TPSA) is 24.4 Å². The van der Waals surface area contributed by atoms with Gasteiger partial charge in [0.2, 0.25) is 0 Å². The smallest absolute Gasteiger partial charge is 0.0963 e. The normalized spacial score (nSPS) is 27.2. The zero-order valence-corrected chi connectivity index (χ0v) is 5.44. The van der Waals surface area contributed by atoms with Gasteiger partial charge in [-0.25, -0.2) is 0 Å². The summed E-state index contributed by atoms with van der Waals surface area (Å²) < 4.78 is 0. The Hall–Kier alpha value is -0.530. The highest BCUT2D eigenvalue weighted by Crippen LogP contribution is 1.95. The molecule has 0 saturated heterocycles. The number of aliphatic imine (C=N–C) groups is 1. The van der Waals surface area contributed by atoms with Crippen LogP contribution in [0.1, 0.15) is 20.3 Å². The summed E-state index contributed by atoms with van der Waals surface area (Å²) in [5.41, 5.74) is 0. The van der Waals surface area contributed by atoms with Crippen molar-refractivity contribution in [1.82, 2.24) is 5.32 Å². The van der Waals surface area contributed by atoms with E-state index in [2.05, 4.69) is 24.2 Å². The van der Waals surface area contributed by atoms with Crippen molar-refractivity contribution >= 4 is 5.84 Å². The molecule has 0 fully saturated rings. The molecule has 0 amide bonds. The Labute approximate surface area is 50.0 Å². The van der Waals surface area contributed by atoms with Crippen LogP contribution in [0.5, 0.6) is 0 Å². The average Bonchev–Trinajstić information content (AvgIpc) is 2.14. The molecule has 8 heavy (non-hydrogen) atoms. The molecule has 1 aliphatic rings. The minimum Gasteiger partial charge on any atom is -0.370 e. The monoisotopic (exact) mass is 112 g/mol. The van der Waals surface area contributed by atoms with Gasteiger partial charge in [0.1, 0.15) is 0 Å². The van der Waals surface area contributed by atoms with Crippen molar-refractivity contribution in [3.63, 3.8) is 0 Å². The van der Waals surface area contributed by atoms with Crippen LogP contribution < -0.4 is 5.32 Å². The quantitative estimate of drug-likeness (QED) is 0.532. The lowest BCUT2D eigenvalue weighted by Crippen LogP contribution is -2.26. The fraction of sp³-hybridized carbons (Fsp3) is 0.833. The van der Waals surface area contributed by atoms with E-state index in [1.807, 2.05) is 0 Å². The van der Waals surface area contributed by atoms with Gasteiger partial charge >= 0.3 is 0 Å². The van der Waals surface area contributed by atoms with Gasteiger partial charge in [-0.3, -0.25) is 4.99 Å². The first-order valence-corrected chi connectivity index (χ1v) is 3.12. The van der Waals surface area contributed by atoms with Crippen LogP contribution in [0.15, 0.2) is 4.99 Å². The summed E-state index contributed by atoms with van der Waals surface area (Å²) in [6.45, 7) is 5.22. The molecule has 2 heteroatoms. The van der Waals surface area contributed by atoms with Crippen molar-refractivity contribution in [1.29, 1.82) is 0 Å². The Morgan fingerprint density at radius 3 is 2.88 bits per heavy atom. The predicted octanol–water partition coefficient (Wildman–Crippen LogP) is 0.787. The largest absolute Gasteiger partial charge is 0.370 e. The second kappa shape index (κ2) is 2.16. The summed E-state index contributed by atoms with van der Waals surface area (Å²) in [6.07, 6.45) is 1.05. The third-order valence-electron chi connectivity index (χ3n) is 1.30. The van der Waals surface area contributed by atoms with E-state index in [0.29, 0.717) is 6.04 Å². The maximum absolute atomic E-state index is 4.24. The zero-order valence-electron chi connectivity index (χ0n) is 5.44. The number of amidine groups is 1. The summed E-state index contributed by atoms with van der Waals surface area (Å²) in [5, 5.41) is 3.25. The van der Waals surface area contributed by atoms with Crippen molar-refractivity contribution in [3.05, 3.63) is 0 Å². The highest BCUT2D eigenvalue weighted by atomic mass is 15.1. The second-order valence-corrected chi connectivity index (χ2v) is 2.19. The van der Waals surface area contributed by atoms with Crippen LogP contribution in [-0.4, -0.2) is 18.4 Å². The summed E-state index contributed by atoms with van der Waals surface area (Å²) in [5.74, 6) is 1.16. The third kappa shape index (κ3) is 0.997. The van der Waals surface area contributed by atoms with Gasteiger partial charge in [0, 0.05) is 12.5 Å². The second-order valence-electron chi connectivity index (χ2n) is 2.19. The minimum absolute atomic E-state index is 0.574. The molecule has 0 aromatic carbocycles. The molecule has 0 aromatic heterocycles. The number of hydrogen-bond donors (Lipinski definition) is 1. The predicted molar refractivity (Wildman–Crippen MR) is 35.2 cm³/mol. The van der Waals surface area contributed by atoms with Crippen LogP contribution in [0.25, 0.3) is 0 Å². The molecule has 0 aliphatic carbocycles. The summed E-state index contributed by atoms with van der Waals surface area (Å²) in [7, 11) is 0. The average molecular weight is 112 g/mol. The minimum atomic E-state index is 0.574. The molecule has 1 heterocycles. The fourth-order valence-electron chi connectivity index (χ4n) is 0.837. The molecule has 2 nitrogen and oxygen atoms in total. The van der Waals surface area contributed by atoms with Gasteiger partial charge in [-0.05, 0) is 6.92 Å². The van der Waals surface area contributed by atoms with E-state index < -0.39 is 0 Å². The first kappa shape index (κ1) is 5.60. The summed E-state index contributed by atoms with van der Waals surface area (Å²) >= 11 is 0. The Balaban J connectivity index is 2.37. The van der Waals surface area contributed by atoms with Crippen LogP contribution in [0.3, 0.4) is 0 Å². The van der Waals surface area contributed by atoms with E-state index >= 15 is 0 Å². The van der Waals surface area contributed by atoms with Crippen molar-refractivity contribution in [2.75, 3.05) is 6.54 Å². The molecule has 0 saturated carbocycles. The highest BCUT2D eigenvalue weighted by Gasteiger charge is 2.08. The van der Waals surface area contributed by atoms with E-state index in [1.165, 1.54) is 0 Å². The van der Waals surface area contributed by atoms with Crippen LogP contribution in [0.4, 0.5) is 0 Å². The molecule has 0 aromatic rings. The third-order valence-corrected chi connectivity index (χ3v) is 1.30. The molecule has 0 unspecified atom stereocenters. The van der Waals surface area contributed by atoms with Crippen LogP contribution in [-0.2, 0) is 0 Å². The van der Waals surface area contributed by atoms with Gasteiger partial charge in [0.25, 0.3) is 0 Å². The standard InChI is InChI=1S/C6H12N2/c1-3-6-7-4-5(2)8-6/h5H,3-4H2,1-2H3,(H,7,8)/t5-/m1/s1. The van der Waals surface area contributed by atoms with Gasteiger partial charge in [0.15, 0.2) is 0 Å². The van der Waals surface area contributed by atoms with Crippen LogP contribution >= 0.6 is 0 Å². The maximum atomic E-state index is 4.24. The SMILES string of the molecule is CCC1=NC[C@@H](C)N1. The van der Waals surface area contributed by atoms with Gasteiger partial charge < -0.3 is 5.32 Å². The zero-order chi connectivity index (χ0) is 5.98. The molecule has 0 radical (unpaired) electrons. The lowest BCUT2D eigenvalue weighted by molar-refractivity contribution is 0.722. The van der Waals surface area contributed by atoms with E-state index in [0.717, 1.165) is 18.8 Å². The Kier molecular flexibility index (Phi) is 1.51. The molecule has 46 valence electrons. The van der Waals surface area contributed by atoms with E-state index in [4.69, 9.17) is 0 Å². The number of nitrogens with one attached hydrogen (secondary N) is 1. The molecule has 1 aliphatic heterocycles.